The maximum Gasteiger partial charge on any atom is 0.226 e. The summed E-state index contributed by atoms with van der Waals surface area (Å²) < 4.78 is 39.1. The van der Waals surface area contributed by atoms with Crippen molar-refractivity contribution in [2.45, 2.75) is 17.7 Å². The molecule has 6 rings (SSSR count). The topological polar surface area (TPSA) is 146 Å². The van der Waals surface area contributed by atoms with Crippen LogP contribution in [0.4, 0.5) is 0 Å². The standard InChI is InChI=1S/C29H32N8O5S/c1-41-27-6-5-20(43(2,39)40)15-26(27)37-25-16-23(22-19-33-36-10-4-8-31-29(22)36)32-18-21(25)24(34-37)17-28(38)30-7-3-9-35-11-13-42-14-12-35/h4-6,8,10,15-16,18-19H,3,7,9,11-14,17H2,1-2H3,(H,30,38). The second kappa shape index (κ2) is 12.1. The number of morpholine rings is 1. The largest absolute Gasteiger partial charge is 0.494 e. The Hall–Kier alpha value is -4.40. The number of hydrogen-bond acceptors (Lipinski definition) is 10. The van der Waals surface area contributed by atoms with Crippen molar-refractivity contribution in [3.05, 3.63) is 60.8 Å². The van der Waals surface area contributed by atoms with E-state index in [1.54, 1.807) is 46.1 Å². The number of ether oxygens (including phenoxy) is 2. The molecule has 4 aromatic heterocycles. The fourth-order valence-electron chi connectivity index (χ4n) is 5.18. The molecule has 1 N–H and O–H groups in total. The van der Waals surface area contributed by atoms with Gasteiger partial charge in [-0.3, -0.25) is 14.7 Å². The Kier molecular flexibility index (Phi) is 8.06. The zero-order chi connectivity index (χ0) is 30.0. The predicted octanol–water partition coefficient (Wildman–Crippen LogP) is 1.92. The van der Waals surface area contributed by atoms with Crippen LogP contribution in [0, 0.1) is 0 Å². The number of nitrogens with zero attached hydrogens (tertiary/aromatic N) is 7. The molecule has 5 heterocycles. The summed E-state index contributed by atoms with van der Waals surface area (Å²) in [5.41, 5.74) is 3.49. The number of fused-ring (bicyclic) bond motifs is 2. The van der Waals surface area contributed by atoms with E-state index >= 15 is 0 Å². The lowest BCUT2D eigenvalue weighted by atomic mass is 10.1. The van der Waals surface area contributed by atoms with Crippen molar-refractivity contribution in [3.63, 3.8) is 0 Å². The first kappa shape index (κ1) is 28.7. The predicted molar refractivity (Wildman–Crippen MR) is 159 cm³/mol. The average Bonchev–Trinajstić information content (AvgIpc) is 3.60. The van der Waals surface area contributed by atoms with Gasteiger partial charge in [-0.25, -0.2) is 22.6 Å². The molecule has 43 heavy (non-hydrogen) atoms. The molecule has 0 radical (unpaired) electrons. The molecule has 14 heteroatoms. The fourth-order valence-corrected chi connectivity index (χ4v) is 5.82. The number of methoxy groups -OCH3 is 1. The zero-order valence-corrected chi connectivity index (χ0v) is 24.7. The first-order chi connectivity index (χ1) is 20.8. The zero-order valence-electron chi connectivity index (χ0n) is 23.9. The van der Waals surface area contributed by atoms with Crippen LogP contribution in [0.3, 0.4) is 0 Å². The van der Waals surface area contributed by atoms with Gasteiger partial charge in [-0.1, -0.05) is 0 Å². The number of hydrogen-bond donors (Lipinski definition) is 1. The lowest BCUT2D eigenvalue weighted by molar-refractivity contribution is -0.120. The van der Waals surface area contributed by atoms with Gasteiger partial charge in [-0.15, -0.1) is 0 Å². The number of nitrogens with one attached hydrogen (secondary N) is 1. The van der Waals surface area contributed by atoms with E-state index in [4.69, 9.17) is 14.6 Å². The molecular weight excluding hydrogens is 572 g/mol. The van der Waals surface area contributed by atoms with Gasteiger partial charge in [0.25, 0.3) is 0 Å². The van der Waals surface area contributed by atoms with Crippen LogP contribution < -0.4 is 10.1 Å². The molecule has 1 aliphatic heterocycles. The number of pyridine rings is 1. The summed E-state index contributed by atoms with van der Waals surface area (Å²) in [6, 6.07) is 8.23. The first-order valence-electron chi connectivity index (χ1n) is 13.9. The molecule has 1 fully saturated rings. The maximum absolute atomic E-state index is 13.0. The average molecular weight is 605 g/mol. The summed E-state index contributed by atoms with van der Waals surface area (Å²) in [4.78, 5) is 24.6. The first-order valence-corrected chi connectivity index (χ1v) is 15.8. The summed E-state index contributed by atoms with van der Waals surface area (Å²) in [6.45, 7) is 4.72. The van der Waals surface area contributed by atoms with Gasteiger partial charge in [-0.05, 0) is 43.3 Å². The Bertz CT molecular complexity index is 1900. The summed E-state index contributed by atoms with van der Waals surface area (Å²) in [6.07, 6.45) is 8.84. The van der Waals surface area contributed by atoms with E-state index in [-0.39, 0.29) is 17.2 Å². The highest BCUT2D eigenvalue weighted by Gasteiger charge is 2.21. The Morgan fingerprint density at radius 3 is 2.77 bits per heavy atom. The molecule has 0 unspecified atom stereocenters. The SMILES string of the molecule is COc1ccc(S(C)(=O)=O)cc1-n1nc(CC(=O)NCCCN2CCOCC2)c2cnc(-c3cnn4cccnc34)cc21. The van der Waals surface area contributed by atoms with E-state index < -0.39 is 9.84 Å². The summed E-state index contributed by atoms with van der Waals surface area (Å²) in [5, 5.41) is 12.8. The van der Waals surface area contributed by atoms with Crippen LogP contribution in [0.1, 0.15) is 12.1 Å². The number of benzene rings is 1. The lowest BCUT2D eigenvalue weighted by Crippen LogP contribution is -2.38. The van der Waals surface area contributed by atoms with Crippen LogP contribution in [-0.4, -0.2) is 101 Å². The van der Waals surface area contributed by atoms with Crippen molar-refractivity contribution in [1.82, 2.24) is 39.6 Å². The van der Waals surface area contributed by atoms with Gasteiger partial charge in [0, 0.05) is 49.9 Å². The van der Waals surface area contributed by atoms with Crippen LogP contribution >= 0.6 is 0 Å². The second-order valence-corrected chi connectivity index (χ2v) is 12.3. The third kappa shape index (κ3) is 6.07. The molecule has 0 bridgehead atoms. The Balaban J connectivity index is 1.36. The minimum Gasteiger partial charge on any atom is -0.494 e. The highest BCUT2D eigenvalue weighted by molar-refractivity contribution is 7.90. The third-order valence-electron chi connectivity index (χ3n) is 7.41. The smallest absolute Gasteiger partial charge is 0.226 e. The van der Waals surface area contributed by atoms with E-state index in [1.807, 2.05) is 6.07 Å². The number of rotatable bonds is 10. The highest BCUT2D eigenvalue weighted by Crippen LogP contribution is 2.32. The molecule has 1 amide bonds. The molecule has 1 aliphatic rings. The van der Waals surface area contributed by atoms with Crippen LogP contribution in [-0.2, 0) is 25.8 Å². The fraction of sp³-hybridized carbons (Fsp3) is 0.345. The molecule has 13 nitrogen and oxygen atoms in total. The normalized spacial score (nSPS) is 14.4. The second-order valence-electron chi connectivity index (χ2n) is 10.3. The lowest BCUT2D eigenvalue weighted by Gasteiger charge is -2.26. The number of amides is 1. The molecule has 0 atom stereocenters. The van der Waals surface area contributed by atoms with E-state index in [0.29, 0.717) is 51.5 Å². The maximum atomic E-state index is 13.0. The number of sulfone groups is 1. The van der Waals surface area contributed by atoms with Crippen molar-refractivity contribution in [2.24, 2.45) is 0 Å². The van der Waals surface area contributed by atoms with Crippen molar-refractivity contribution >= 4 is 32.3 Å². The van der Waals surface area contributed by atoms with E-state index in [2.05, 4.69) is 25.3 Å². The Morgan fingerprint density at radius 2 is 1.98 bits per heavy atom. The third-order valence-corrected chi connectivity index (χ3v) is 8.52. The Morgan fingerprint density at radius 1 is 1.14 bits per heavy atom. The minimum atomic E-state index is -3.52. The van der Waals surface area contributed by atoms with Crippen molar-refractivity contribution in [3.8, 4) is 22.7 Å². The molecule has 1 aromatic carbocycles. The summed E-state index contributed by atoms with van der Waals surface area (Å²) >= 11 is 0. The molecule has 0 aliphatic carbocycles. The van der Waals surface area contributed by atoms with Crippen molar-refractivity contribution in [2.75, 3.05) is 52.8 Å². The molecular formula is C29H32N8O5S. The van der Waals surface area contributed by atoms with Gasteiger partial charge >= 0.3 is 0 Å². The Labute approximate surface area is 248 Å². The molecule has 5 aromatic rings. The molecule has 224 valence electrons. The van der Waals surface area contributed by atoms with Crippen LogP contribution in [0.25, 0.3) is 33.5 Å². The monoisotopic (exact) mass is 604 g/mol. The summed E-state index contributed by atoms with van der Waals surface area (Å²) in [5.74, 6) is 0.258. The molecule has 1 saturated heterocycles. The number of carbonyl (C=O) groups excluding carboxylic acids is 1. The van der Waals surface area contributed by atoms with Gasteiger partial charge in [0.2, 0.25) is 5.91 Å². The molecule has 0 spiro atoms. The van der Waals surface area contributed by atoms with E-state index in [9.17, 15) is 13.2 Å². The molecule has 0 saturated carbocycles. The number of aromatic nitrogens is 6. The van der Waals surface area contributed by atoms with Crippen molar-refractivity contribution < 1.29 is 22.7 Å². The highest BCUT2D eigenvalue weighted by atomic mass is 32.2. The summed E-state index contributed by atoms with van der Waals surface area (Å²) in [7, 11) is -2.01. The van der Waals surface area contributed by atoms with E-state index in [0.717, 1.165) is 45.5 Å². The van der Waals surface area contributed by atoms with Gasteiger partial charge in [0.15, 0.2) is 15.5 Å². The van der Waals surface area contributed by atoms with Crippen LogP contribution in [0.5, 0.6) is 5.75 Å². The van der Waals surface area contributed by atoms with Crippen molar-refractivity contribution in [1.29, 1.82) is 0 Å². The van der Waals surface area contributed by atoms with Gasteiger partial charge < -0.3 is 14.8 Å². The van der Waals surface area contributed by atoms with E-state index in [1.165, 1.54) is 19.2 Å². The van der Waals surface area contributed by atoms with Gasteiger partial charge in [-0.2, -0.15) is 10.2 Å². The van der Waals surface area contributed by atoms with Crippen LogP contribution in [0.15, 0.2) is 60.0 Å². The van der Waals surface area contributed by atoms with Gasteiger partial charge in [0.05, 0.1) is 60.3 Å². The minimum absolute atomic E-state index is 0.0223. The quantitative estimate of drug-likeness (QED) is 0.235. The van der Waals surface area contributed by atoms with Gasteiger partial charge in [0.1, 0.15) is 11.4 Å². The van der Waals surface area contributed by atoms with Crippen LogP contribution in [0.2, 0.25) is 0 Å². The number of carbonyl (C=O) groups is 1.